The van der Waals surface area contributed by atoms with Crippen LogP contribution in [-0.2, 0) is 9.59 Å². The van der Waals surface area contributed by atoms with Crippen molar-refractivity contribution >= 4 is 39.0 Å². The molecule has 6 heteroatoms. The summed E-state index contributed by atoms with van der Waals surface area (Å²) in [4.78, 5) is 26.1. The molecule has 0 saturated heterocycles. The van der Waals surface area contributed by atoms with Gasteiger partial charge < -0.3 is 9.84 Å². The Balaban J connectivity index is 1.92. The molecule has 0 saturated carbocycles. The first-order valence-corrected chi connectivity index (χ1v) is 8.63. The van der Waals surface area contributed by atoms with Gasteiger partial charge in [0.1, 0.15) is 5.75 Å². The van der Waals surface area contributed by atoms with Gasteiger partial charge in [0.25, 0.3) is 5.91 Å². The van der Waals surface area contributed by atoms with Crippen molar-refractivity contribution in [3.05, 3.63) is 64.3 Å². The zero-order chi connectivity index (χ0) is 18.0. The van der Waals surface area contributed by atoms with Crippen LogP contribution in [0, 0.1) is 0 Å². The largest absolute Gasteiger partial charge is 0.502 e. The second-order valence-electron chi connectivity index (χ2n) is 5.52. The van der Waals surface area contributed by atoms with E-state index in [4.69, 9.17) is 4.74 Å². The van der Waals surface area contributed by atoms with Crippen molar-refractivity contribution in [3.8, 4) is 5.75 Å². The number of amides is 2. The molecular weight excluding hydrogens is 386 g/mol. The lowest BCUT2D eigenvalue weighted by Crippen LogP contribution is -2.31. The van der Waals surface area contributed by atoms with Crippen LogP contribution in [0.2, 0.25) is 0 Å². The molecule has 0 fully saturated rings. The minimum Gasteiger partial charge on any atom is -0.502 e. The Morgan fingerprint density at radius 2 is 1.80 bits per heavy atom. The third-order valence-electron chi connectivity index (χ3n) is 3.74. The van der Waals surface area contributed by atoms with Crippen molar-refractivity contribution in [2.24, 2.45) is 0 Å². The monoisotopic (exact) mass is 401 g/mol. The lowest BCUT2D eigenvalue weighted by molar-refractivity contribution is -0.121. The van der Waals surface area contributed by atoms with E-state index in [9.17, 15) is 14.7 Å². The van der Waals surface area contributed by atoms with Gasteiger partial charge in [0.15, 0.2) is 5.76 Å². The van der Waals surface area contributed by atoms with Crippen LogP contribution in [-0.4, -0.2) is 23.5 Å². The quantitative estimate of drug-likeness (QED) is 0.766. The molecule has 2 aromatic carbocycles. The molecule has 0 aromatic heterocycles. The predicted octanol–water partition coefficient (Wildman–Crippen LogP) is 4.08. The van der Waals surface area contributed by atoms with E-state index in [1.54, 1.807) is 48.5 Å². The fourth-order valence-electron chi connectivity index (χ4n) is 2.57. The van der Waals surface area contributed by atoms with Crippen LogP contribution in [0.1, 0.15) is 18.9 Å². The molecule has 0 radical (unpaired) electrons. The average Bonchev–Trinajstić information content (AvgIpc) is 2.83. The first-order valence-electron chi connectivity index (χ1n) is 7.83. The van der Waals surface area contributed by atoms with Crippen LogP contribution in [0.15, 0.2) is 58.8 Å². The molecule has 1 aliphatic rings. The molecule has 5 nitrogen and oxygen atoms in total. The number of carbonyl (C=O) groups excluding carboxylic acids is 2. The fourth-order valence-corrected chi connectivity index (χ4v) is 2.95. The Kier molecular flexibility index (Phi) is 4.90. The minimum absolute atomic E-state index is 0.00739. The van der Waals surface area contributed by atoms with E-state index in [2.05, 4.69) is 15.9 Å². The Bertz CT molecular complexity index is 858. The summed E-state index contributed by atoms with van der Waals surface area (Å²) in [7, 11) is 0. The summed E-state index contributed by atoms with van der Waals surface area (Å²) in [5.74, 6) is -1.16. The van der Waals surface area contributed by atoms with E-state index < -0.39 is 17.6 Å². The van der Waals surface area contributed by atoms with Crippen molar-refractivity contribution in [3.63, 3.8) is 0 Å². The van der Waals surface area contributed by atoms with Crippen molar-refractivity contribution in [1.29, 1.82) is 0 Å². The predicted molar refractivity (Wildman–Crippen MR) is 98.4 cm³/mol. The molecule has 0 unspecified atom stereocenters. The highest BCUT2D eigenvalue weighted by atomic mass is 79.9. The maximum Gasteiger partial charge on any atom is 0.301 e. The van der Waals surface area contributed by atoms with Gasteiger partial charge >= 0.3 is 5.91 Å². The van der Waals surface area contributed by atoms with Crippen molar-refractivity contribution < 1.29 is 19.4 Å². The van der Waals surface area contributed by atoms with E-state index in [1.165, 1.54) is 0 Å². The smallest absolute Gasteiger partial charge is 0.301 e. The van der Waals surface area contributed by atoms with E-state index in [0.29, 0.717) is 23.6 Å². The van der Waals surface area contributed by atoms with Crippen LogP contribution in [0.25, 0.3) is 5.57 Å². The molecule has 25 heavy (non-hydrogen) atoms. The fraction of sp³-hybridized carbons (Fsp3) is 0.158. The number of hydrogen-bond donors (Lipinski definition) is 1. The third-order valence-corrected chi connectivity index (χ3v) is 4.23. The molecule has 1 aliphatic heterocycles. The summed E-state index contributed by atoms with van der Waals surface area (Å²) < 4.78 is 6.24. The summed E-state index contributed by atoms with van der Waals surface area (Å²) in [5.41, 5.74) is 0.859. The van der Waals surface area contributed by atoms with E-state index in [-0.39, 0.29) is 5.57 Å². The number of anilines is 1. The highest BCUT2D eigenvalue weighted by Crippen LogP contribution is 2.33. The van der Waals surface area contributed by atoms with E-state index in [1.807, 2.05) is 6.92 Å². The Morgan fingerprint density at radius 3 is 2.44 bits per heavy atom. The highest BCUT2D eigenvalue weighted by molar-refractivity contribution is 9.10. The Morgan fingerprint density at radius 1 is 1.08 bits per heavy atom. The zero-order valence-electron chi connectivity index (χ0n) is 13.5. The van der Waals surface area contributed by atoms with Gasteiger partial charge in [0.05, 0.1) is 17.9 Å². The van der Waals surface area contributed by atoms with Gasteiger partial charge in [0, 0.05) is 4.47 Å². The molecule has 1 N–H and O–H groups in total. The molecule has 0 aliphatic carbocycles. The van der Waals surface area contributed by atoms with Gasteiger partial charge in [-0.25, -0.2) is 4.90 Å². The number of ether oxygens (including phenoxy) is 1. The maximum absolute atomic E-state index is 12.7. The number of rotatable bonds is 5. The third kappa shape index (κ3) is 3.30. The summed E-state index contributed by atoms with van der Waals surface area (Å²) >= 11 is 3.31. The highest BCUT2D eigenvalue weighted by Gasteiger charge is 2.40. The van der Waals surface area contributed by atoms with Gasteiger partial charge in [-0.3, -0.25) is 9.59 Å². The number of nitrogens with zero attached hydrogens (tertiary/aromatic N) is 1. The standard InChI is InChI=1S/C19H16BrNO4/c1-2-10-25-15-8-6-12(7-9-15)16-17(22)19(24)21(18(16)23)14-5-3-4-13(20)11-14/h3-9,11,22H,2,10H2,1H3. The number of hydrogen-bond acceptors (Lipinski definition) is 4. The number of aliphatic hydroxyl groups excluding tert-OH is 1. The molecule has 3 rings (SSSR count). The topological polar surface area (TPSA) is 66.8 Å². The molecule has 2 amide bonds. The summed E-state index contributed by atoms with van der Waals surface area (Å²) in [5, 5.41) is 10.2. The number of aliphatic hydroxyl groups is 1. The molecular formula is C19H16BrNO4. The number of benzene rings is 2. The van der Waals surface area contributed by atoms with E-state index in [0.717, 1.165) is 15.8 Å². The van der Waals surface area contributed by atoms with Crippen LogP contribution < -0.4 is 9.64 Å². The number of halogens is 1. The van der Waals surface area contributed by atoms with E-state index >= 15 is 0 Å². The van der Waals surface area contributed by atoms with Gasteiger partial charge in [-0.1, -0.05) is 41.1 Å². The summed E-state index contributed by atoms with van der Waals surface area (Å²) in [6.45, 7) is 2.61. The van der Waals surface area contributed by atoms with Gasteiger partial charge in [-0.15, -0.1) is 0 Å². The number of imide groups is 1. The van der Waals surface area contributed by atoms with Crippen molar-refractivity contribution in [2.45, 2.75) is 13.3 Å². The first-order chi connectivity index (χ1) is 12.0. The second kappa shape index (κ2) is 7.11. The van der Waals surface area contributed by atoms with Gasteiger partial charge in [-0.2, -0.15) is 0 Å². The van der Waals surface area contributed by atoms with Crippen molar-refractivity contribution in [1.82, 2.24) is 0 Å². The lowest BCUT2D eigenvalue weighted by atomic mass is 10.1. The molecule has 0 spiro atoms. The molecule has 0 atom stereocenters. The number of carbonyl (C=O) groups is 2. The lowest BCUT2D eigenvalue weighted by Gasteiger charge is -2.14. The Labute approximate surface area is 153 Å². The van der Waals surface area contributed by atoms with Crippen LogP contribution in [0.4, 0.5) is 5.69 Å². The normalized spacial score (nSPS) is 14.4. The van der Waals surface area contributed by atoms with Gasteiger partial charge in [-0.05, 0) is 42.3 Å². The SMILES string of the molecule is CCCOc1ccc(C2=C(O)C(=O)N(c3cccc(Br)c3)C2=O)cc1. The summed E-state index contributed by atoms with van der Waals surface area (Å²) in [6.07, 6.45) is 0.891. The Hall–Kier alpha value is -2.60. The zero-order valence-corrected chi connectivity index (χ0v) is 15.1. The van der Waals surface area contributed by atoms with Crippen molar-refractivity contribution in [2.75, 3.05) is 11.5 Å². The van der Waals surface area contributed by atoms with Crippen LogP contribution in [0.3, 0.4) is 0 Å². The molecule has 2 aromatic rings. The summed E-state index contributed by atoms with van der Waals surface area (Å²) in [6, 6.07) is 13.5. The van der Waals surface area contributed by atoms with Crippen LogP contribution >= 0.6 is 15.9 Å². The maximum atomic E-state index is 12.7. The second-order valence-corrected chi connectivity index (χ2v) is 6.44. The van der Waals surface area contributed by atoms with Gasteiger partial charge in [0.2, 0.25) is 0 Å². The molecule has 1 heterocycles. The van der Waals surface area contributed by atoms with Crippen LogP contribution in [0.5, 0.6) is 5.75 Å². The first kappa shape index (κ1) is 17.2. The average molecular weight is 402 g/mol. The molecule has 0 bridgehead atoms. The molecule has 128 valence electrons. The minimum atomic E-state index is -0.732.